The van der Waals surface area contributed by atoms with Crippen LogP contribution in [0.25, 0.3) is 0 Å². The van der Waals surface area contributed by atoms with E-state index in [0.29, 0.717) is 18.2 Å². The van der Waals surface area contributed by atoms with E-state index in [1.165, 1.54) is 25.7 Å². The van der Waals surface area contributed by atoms with Crippen molar-refractivity contribution in [2.24, 2.45) is 17.3 Å². The first-order chi connectivity index (χ1) is 14.0. The maximum Gasteiger partial charge on any atom is 0.253 e. The van der Waals surface area contributed by atoms with Crippen molar-refractivity contribution in [3.05, 3.63) is 35.9 Å². The van der Waals surface area contributed by atoms with Gasteiger partial charge in [-0.1, -0.05) is 43.9 Å². The van der Waals surface area contributed by atoms with Gasteiger partial charge < -0.3 is 14.7 Å². The van der Waals surface area contributed by atoms with E-state index < -0.39 is 0 Å². The number of carbonyl (C=O) groups excluding carboxylic acids is 2. The second-order valence-electron chi connectivity index (χ2n) is 9.81. The number of hydrogen-bond donors (Lipinski definition) is 0. The smallest absolute Gasteiger partial charge is 0.253 e. The van der Waals surface area contributed by atoms with Crippen LogP contribution >= 0.6 is 0 Å². The first-order valence-electron chi connectivity index (χ1n) is 11.2. The first-order valence-corrected chi connectivity index (χ1v) is 11.2. The summed E-state index contributed by atoms with van der Waals surface area (Å²) >= 11 is 0. The zero-order valence-corrected chi connectivity index (χ0v) is 18.0. The highest BCUT2D eigenvalue weighted by Crippen LogP contribution is 2.45. The Morgan fingerprint density at radius 1 is 1.03 bits per heavy atom. The van der Waals surface area contributed by atoms with Crippen LogP contribution in [0.2, 0.25) is 0 Å². The Morgan fingerprint density at radius 2 is 1.69 bits per heavy atom. The average Bonchev–Trinajstić information content (AvgIpc) is 3.32. The van der Waals surface area contributed by atoms with Crippen LogP contribution < -0.4 is 0 Å². The van der Waals surface area contributed by atoms with Crippen LogP contribution in [0, 0.1) is 17.3 Å². The molecule has 5 nitrogen and oxygen atoms in total. The van der Waals surface area contributed by atoms with Crippen molar-refractivity contribution in [3.8, 4) is 0 Å². The molecule has 2 aliphatic heterocycles. The lowest BCUT2D eigenvalue weighted by Gasteiger charge is -2.51. The summed E-state index contributed by atoms with van der Waals surface area (Å²) in [4.78, 5) is 32.0. The van der Waals surface area contributed by atoms with E-state index >= 15 is 0 Å². The summed E-state index contributed by atoms with van der Waals surface area (Å²) in [5.41, 5.74) is 0.828. The van der Waals surface area contributed by atoms with Crippen molar-refractivity contribution in [2.45, 2.75) is 38.5 Å². The number of amides is 2. The van der Waals surface area contributed by atoms with Gasteiger partial charge in [0.25, 0.3) is 5.91 Å². The van der Waals surface area contributed by atoms with Crippen LogP contribution in [0.15, 0.2) is 30.3 Å². The van der Waals surface area contributed by atoms with Crippen molar-refractivity contribution in [3.63, 3.8) is 0 Å². The Labute approximate surface area is 175 Å². The molecule has 4 rings (SSSR count). The first kappa shape index (κ1) is 20.4. The Morgan fingerprint density at radius 3 is 2.34 bits per heavy atom. The lowest BCUT2D eigenvalue weighted by molar-refractivity contribution is -0.145. The van der Waals surface area contributed by atoms with Gasteiger partial charge in [-0.3, -0.25) is 9.59 Å². The van der Waals surface area contributed by atoms with Crippen LogP contribution in [0.4, 0.5) is 0 Å². The molecule has 2 saturated heterocycles. The number of likely N-dealkylation sites (tertiary alicyclic amines) is 2. The highest BCUT2D eigenvalue weighted by atomic mass is 16.2. The molecule has 1 atom stereocenters. The van der Waals surface area contributed by atoms with Gasteiger partial charge >= 0.3 is 0 Å². The van der Waals surface area contributed by atoms with Gasteiger partial charge in [0, 0.05) is 50.1 Å². The summed E-state index contributed by atoms with van der Waals surface area (Å²) < 4.78 is 0. The van der Waals surface area contributed by atoms with Gasteiger partial charge in [-0.05, 0) is 44.5 Å². The van der Waals surface area contributed by atoms with E-state index in [4.69, 9.17) is 0 Å². The summed E-state index contributed by atoms with van der Waals surface area (Å²) in [5.74, 6) is 1.63. The van der Waals surface area contributed by atoms with Gasteiger partial charge in [-0.15, -0.1) is 0 Å². The van der Waals surface area contributed by atoms with E-state index in [1.54, 1.807) is 0 Å². The molecule has 1 aromatic rings. The number of nitrogens with zero attached hydrogens (tertiary/aromatic N) is 3. The monoisotopic (exact) mass is 397 g/mol. The third-order valence-electron chi connectivity index (χ3n) is 7.31. The molecule has 2 amide bonds. The number of benzene rings is 1. The minimum absolute atomic E-state index is 0.0672. The van der Waals surface area contributed by atoms with Crippen LogP contribution in [0.1, 0.15) is 48.9 Å². The highest BCUT2D eigenvalue weighted by Gasteiger charge is 2.56. The maximum absolute atomic E-state index is 13.0. The van der Waals surface area contributed by atoms with Gasteiger partial charge in [-0.25, -0.2) is 0 Å². The maximum atomic E-state index is 13.0. The zero-order valence-electron chi connectivity index (χ0n) is 18.0. The van der Waals surface area contributed by atoms with Crippen molar-refractivity contribution < 1.29 is 9.59 Å². The molecule has 1 saturated carbocycles. The molecule has 29 heavy (non-hydrogen) atoms. The van der Waals surface area contributed by atoms with Gasteiger partial charge in [0.2, 0.25) is 5.91 Å². The second kappa shape index (κ2) is 8.47. The van der Waals surface area contributed by atoms with E-state index in [-0.39, 0.29) is 11.3 Å². The van der Waals surface area contributed by atoms with Gasteiger partial charge in [-0.2, -0.15) is 0 Å². The van der Waals surface area contributed by atoms with E-state index in [0.717, 1.165) is 50.6 Å². The molecular formula is C24H35N3O2. The van der Waals surface area contributed by atoms with Crippen LogP contribution in [-0.4, -0.2) is 73.3 Å². The molecule has 1 aromatic carbocycles. The fourth-order valence-corrected chi connectivity index (χ4v) is 5.68. The Hall–Kier alpha value is -1.88. The van der Waals surface area contributed by atoms with Crippen molar-refractivity contribution >= 4 is 11.8 Å². The molecule has 5 heteroatoms. The lowest BCUT2D eigenvalue weighted by atomic mass is 9.71. The molecule has 1 unspecified atom stereocenters. The summed E-state index contributed by atoms with van der Waals surface area (Å²) in [6, 6.07) is 9.58. The third-order valence-corrected chi connectivity index (χ3v) is 7.31. The number of rotatable bonds is 6. The van der Waals surface area contributed by atoms with E-state index in [9.17, 15) is 9.59 Å². The molecule has 3 aliphatic rings. The lowest BCUT2D eigenvalue weighted by Crippen LogP contribution is -2.63. The average molecular weight is 398 g/mol. The minimum atomic E-state index is 0.0672. The largest absolute Gasteiger partial charge is 0.341 e. The number of hydrogen-bond acceptors (Lipinski definition) is 3. The molecule has 0 N–H and O–H groups in total. The molecule has 158 valence electrons. The summed E-state index contributed by atoms with van der Waals surface area (Å²) in [7, 11) is 4.19. The Bertz CT molecular complexity index is 721. The molecule has 3 fully saturated rings. The zero-order chi connectivity index (χ0) is 20.4. The summed E-state index contributed by atoms with van der Waals surface area (Å²) in [5, 5.41) is 0. The van der Waals surface area contributed by atoms with Crippen molar-refractivity contribution in [1.29, 1.82) is 0 Å². The molecule has 1 aliphatic carbocycles. The van der Waals surface area contributed by atoms with E-state index in [2.05, 4.69) is 19.0 Å². The Balaban J connectivity index is 1.37. The van der Waals surface area contributed by atoms with Gasteiger partial charge in [0.1, 0.15) is 0 Å². The number of carbonyl (C=O) groups is 2. The van der Waals surface area contributed by atoms with Gasteiger partial charge in [0.15, 0.2) is 0 Å². The fraction of sp³-hybridized carbons (Fsp3) is 0.667. The quantitative estimate of drug-likeness (QED) is 0.741. The van der Waals surface area contributed by atoms with Gasteiger partial charge in [0.05, 0.1) is 0 Å². The molecule has 0 radical (unpaired) electrons. The standard InChI is InChI=1S/C24H35N3O2/c1-25(2)14-21-15-26(23(29)20-10-4-3-5-11-20)16-24(21)17-27(18-24)22(28)13-12-19-8-6-7-9-19/h3-5,10-11,19,21H,6-9,12-18H2,1-2H3. The highest BCUT2D eigenvalue weighted by molar-refractivity contribution is 5.94. The molecule has 1 spiro atoms. The van der Waals surface area contributed by atoms with Crippen molar-refractivity contribution in [2.75, 3.05) is 46.8 Å². The van der Waals surface area contributed by atoms with Crippen molar-refractivity contribution in [1.82, 2.24) is 14.7 Å². The summed E-state index contributed by atoms with van der Waals surface area (Å²) in [6.45, 7) is 4.14. The van der Waals surface area contributed by atoms with Crippen LogP contribution in [0.5, 0.6) is 0 Å². The minimum Gasteiger partial charge on any atom is -0.341 e. The molecule has 0 aromatic heterocycles. The predicted octanol–water partition coefficient (Wildman–Crippen LogP) is 3.12. The third kappa shape index (κ3) is 4.35. The normalized spacial score (nSPS) is 23.8. The fourth-order valence-electron chi connectivity index (χ4n) is 5.68. The van der Waals surface area contributed by atoms with Crippen LogP contribution in [-0.2, 0) is 4.79 Å². The molecular weight excluding hydrogens is 362 g/mol. The Kier molecular flexibility index (Phi) is 5.95. The van der Waals surface area contributed by atoms with E-state index in [1.807, 2.05) is 40.1 Å². The summed E-state index contributed by atoms with van der Waals surface area (Å²) in [6.07, 6.45) is 7.04. The molecule has 0 bridgehead atoms. The topological polar surface area (TPSA) is 43.9 Å². The second-order valence-corrected chi connectivity index (χ2v) is 9.81. The molecule has 2 heterocycles. The predicted molar refractivity (Wildman–Crippen MR) is 115 cm³/mol. The van der Waals surface area contributed by atoms with Crippen LogP contribution in [0.3, 0.4) is 0 Å². The SMILES string of the molecule is CN(C)CC1CN(C(=O)c2ccccc2)CC12CN(C(=O)CCC1CCCC1)C2.